The van der Waals surface area contributed by atoms with Gasteiger partial charge in [-0.2, -0.15) is 0 Å². The van der Waals surface area contributed by atoms with Gasteiger partial charge in [-0.05, 0) is 30.3 Å². The van der Waals surface area contributed by atoms with Crippen LogP contribution in [-0.2, 0) is 26.3 Å². The van der Waals surface area contributed by atoms with Crippen LogP contribution < -0.4 is 0 Å². The van der Waals surface area contributed by atoms with Crippen LogP contribution in [0.4, 0.5) is 0 Å². The fourth-order valence-corrected chi connectivity index (χ4v) is 4.28. The van der Waals surface area contributed by atoms with Gasteiger partial charge in [0, 0.05) is 51.4 Å². The van der Waals surface area contributed by atoms with Crippen molar-refractivity contribution in [2.45, 2.75) is 24.8 Å². The number of likely N-dealkylation sites (N-methyl/N-ethyl adjacent to an activating group) is 1. The number of imide groups is 1. The summed E-state index contributed by atoms with van der Waals surface area (Å²) in [6.45, 7) is 3.10. The van der Waals surface area contributed by atoms with Crippen LogP contribution in [0, 0.1) is 0 Å². The Morgan fingerprint density at radius 2 is 1.67 bits per heavy atom. The Morgan fingerprint density at radius 1 is 1.00 bits per heavy atom. The molecule has 0 aliphatic carbocycles. The van der Waals surface area contributed by atoms with Crippen molar-refractivity contribution in [2.75, 3.05) is 33.2 Å². The molecule has 0 radical (unpaired) electrons. The summed E-state index contributed by atoms with van der Waals surface area (Å²) in [7, 11) is 2.03. The summed E-state index contributed by atoms with van der Waals surface area (Å²) in [6.07, 6.45) is 3.31. The lowest BCUT2D eigenvalue weighted by molar-refractivity contribution is -0.143. The monoisotopic (exact) mass is 406 g/mol. The Labute approximate surface area is 176 Å². The number of benzene rings is 1. The minimum atomic E-state index is -1.15. The summed E-state index contributed by atoms with van der Waals surface area (Å²) in [4.78, 5) is 49.0. The fourth-order valence-electron chi connectivity index (χ4n) is 4.28. The van der Waals surface area contributed by atoms with Crippen molar-refractivity contribution in [2.24, 2.45) is 0 Å². The van der Waals surface area contributed by atoms with Gasteiger partial charge in [0.05, 0.1) is 12.0 Å². The second kappa shape index (κ2) is 8.36. The van der Waals surface area contributed by atoms with Gasteiger partial charge < -0.3 is 9.80 Å². The van der Waals surface area contributed by atoms with Crippen LogP contribution in [0.25, 0.3) is 0 Å². The predicted molar refractivity (Wildman–Crippen MR) is 111 cm³/mol. The number of amides is 3. The molecule has 7 nitrogen and oxygen atoms in total. The Balaban J connectivity index is 1.62. The van der Waals surface area contributed by atoms with E-state index in [0.29, 0.717) is 13.1 Å². The third kappa shape index (κ3) is 3.85. The number of piperazine rings is 1. The molecule has 156 valence electrons. The molecule has 3 amide bonds. The van der Waals surface area contributed by atoms with Crippen LogP contribution in [0.5, 0.6) is 0 Å². The topological polar surface area (TPSA) is 73.8 Å². The highest BCUT2D eigenvalue weighted by Crippen LogP contribution is 2.41. The summed E-state index contributed by atoms with van der Waals surface area (Å²) in [5.41, 5.74) is 0.412. The number of rotatable bonds is 5. The van der Waals surface area contributed by atoms with Gasteiger partial charge in [-0.1, -0.05) is 30.3 Å². The zero-order chi connectivity index (χ0) is 21.1. The first kappa shape index (κ1) is 20.2. The number of pyridine rings is 1. The van der Waals surface area contributed by atoms with Crippen molar-refractivity contribution in [1.29, 1.82) is 0 Å². The predicted octanol–water partition coefficient (Wildman–Crippen LogP) is 1.44. The minimum Gasteiger partial charge on any atom is -0.340 e. The summed E-state index contributed by atoms with van der Waals surface area (Å²) >= 11 is 0. The van der Waals surface area contributed by atoms with Crippen LogP contribution >= 0.6 is 0 Å². The van der Waals surface area contributed by atoms with Crippen LogP contribution in [0.3, 0.4) is 0 Å². The molecule has 1 aromatic heterocycles. The Morgan fingerprint density at radius 3 is 2.33 bits per heavy atom. The number of nitrogens with zero attached hydrogens (tertiary/aromatic N) is 4. The van der Waals surface area contributed by atoms with Crippen molar-refractivity contribution in [3.05, 3.63) is 66.0 Å². The van der Waals surface area contributed by atoms with Crippen molar-refractivity contribution < 1.29 is 14.4 Å². The molecule has 2 aliphatic rings. The number of aromatic nitrogens is 1. The second-order valence-electron chi connectivity index (χ2n) is 8.13. The van der Waals surface area contributed by atoms with Gasteiger partial charge in [-0.25, -0.2) is 0 Å². The molecular formula is C23H26N4O3. The maximum absolute atomic E-state index is 13.6. The van der Waals surface area contributed by atoms with E-state index in [1.807, 2.05) is 42.3 Å². The first-order valence-corrected chi connectivity index (χ1v) is 10.3. The largest absolute Gasteiger partial charge is 0.340 e. The van der Waals surface area contributed by atoms with Gasteiger partial charge in [-0.15, -0.1) is 0 Å². The molecule has 2 aliphatic heterocycles. The lowest BCUT2D eigenvalue weighted by Gasteiger charge is -2.35. The van der Waals surface area contributed by atoms with E-state index in [1.54, 1.807) is 24.5 Å². The van der Waals surface area contributed by atoms with E-state index in [2.05, 4.69) is 9.88 Å². The Hall–Kier alpha value is -3.06. The molecule has 2 aromatic rings. The number of carbonyl (C=O) groups is 3. The molecule has 2 saturated heterocycles. The highest BCUT2D eigenvalue weighted by molar-refractivity contribution is 6.10. The molecule has 0 N–H and O–H groups in total. The zero-order valence-corrected chi connectivity index (χ0v) is 17.2. The number of hydrogen-bond donors (Lipinski definition) is 0. The third-order valence-electron chi connectivity index (χ3n) is 6.13. The highest BCUT2D eigenvalue weighted by atomic mass is 16.2. The van der Waals surface area contributed by atoms with E-state index >= 15 is 0 Å². The number of carbonyl (C=O) groups excluding carboxylic acids is 3. The molecular weight excluding hydrogens is 380 g/mol. The van der Waals surface area contributed by atoms with Crippen molar-refractivity contribution in [3.63, 3.8) is 0 Å². The van der Waals surface area contributed by atoms with Crippen molar-refractivity contribution in [1.82, 2.24) is 19.7 Å². The molecule has 1 atom stereocenters. The van der Waals surface area contributed by atoms with Crippen LogP contribution in [0.1, 0.15) is 24.0 Å². The van der Waals surface area contributed by atoms with Gasteiger partial charge in [0.15, 0.2) is 0 Å². The van der Waals surface area contributed by atoms with E-state index in [9.17, 15) is 14.4 Å². The van der Waals surface area contributed by atoms with Gasteiger partial charge in [-0.3, -0.25) is 24.3 Å². The van der Waals surface area contributed by atoms with Gasteiger partial charge in [0.25, 0.3) is 0 Å². The smallest absolute Gasteiger partial charge is 0.241 e. The summed E-state index contributed by atoms with van der Waals surface area (Å²) < 4.78 is 0. The van der Waals surface area contributed by atoms with Crippen molar-refractivity contribution >= 4 is 17.7 Å². The Kier molecular flexibility index (Phi) is 5.63. The minimum absolute atomic E-state index is 0.0120. The van der Waals surface area contributed by atoms with E-state index < -0.39 is 5.41 Å². The molecule has 3 heterocycles. The average Bonchev–Trinajstić information content (AvgIpc) is 3.00. The maximum atomic E-state index is 13.6. The maximum Gasteiger partial charge on any atom is 0.241 e. The molecule has 7 heteroatoms. The molecule has 0 saturated carbocycles. The number of hydrogen-bond acceptors (Lipinski definition) is 5. The standard InChI is InChI=1S/C23H26N4O3/c1-25-11-13-26(14-12-25)20(28)15-23(19-5-3-2-4-6-19)16-21(29)27(22(23)30)17-18-7-9-24-10-8-18/h2-10H,11-17H2,1H3/t23-/m0/s1. The molecule has 0 unspecified atom stereocenters. The summed E-state index contributed by atoms with van der Waals surface area (Å²) in [6, 6.07) is 12.8. The zero-order valence-electron chi connectivity index (χ0n) is 17.2. The van der Waals surface area contributed by atoms with E-state index in [0.717, 1.165) is 24.2 Å². The lowest BCUT2D eigenvalue weighted by Crippen LogP contribution is -2.49. The van der Waals surface area contributed by atoms with Gasteiger partial charge in [0.2, 0.25) is 17.7 Å². The molecule has 1 aromatic carbocycles. The van der Waals surface area contributed by atoms with E-state index in [4.69, 9.17) is 0 Å². The molecule has 4 rings (SSSR count). The SMILES string of the molecule is CN1CCN(C(=O)C[C@@]2(c3ccccc3)CC(=O)N(Cc3ccncc3)C2=O)CC1. The number of likely N-dealkylation sites (tertiary alicyclic amines) is 1. The average molecular weight is 406 g/mol. The summed E-state index contributed by atoms with van der Waals surface area (Å²) in [5.74, 6) is -0.608. The quantitative estimate of drug-likeness (QED) is 0.703. The first-order valence-electron chi connectivity index (χ1n) is 10.3. The normalized spacial score (nSPS) is 22.6. The van der Waals surface area contributed by atoms with Crippen LogP contribution in [0.15, 0.2) is 54.9 Å². The summed E-state index contributed by atoms with van der Waals surface area (Å²) in [5, 5.41) is 0. The van der Waals surface area contributed by atoms with Crippen LogP contribution in [-0.4, -0.2) is 70.6 Å². The Bertz CT molecular complexity index is 926. The van der Waals surface area contributed by atoms with Gasteiger partial charge >= 0.3 is 0 Å². The van der Waals surface area contributed by atoms with E-state index in [-0.39, 0.29) is 37.1 Å². The first-order chi connectivity index (χ1) is 14.5. The molecule has 2 fully saturated rings. The lowest BCUT2D eigenvalue weighted by atomic mass is 9.75. The van der Waals surface area contributed by atoms with E-state index in [1.165, 1.54) is 4.90 Å². The van der Waals surface area contributed by atoms with Crippen LogP contribution in [0.2, 0.25) is 0 Å². The fraction of sp³-hybridized carbons (Fsp3) is 0.391. The molecule has 0 spiro atoms. The van der Waals surface area contributed by atoms with Gasteiger partial charge in [0.1, 0.15) is 0 Å². The van der Waals surface area contributed by atoms with Crippen molar-refractivity contribution in [3.8, 4) is 0 Å². The molecule has 0 bridgehead atoms. The highest BCUT2D eigenvalue weighted by Gasteiger charge is 2.54. The molecule has 30 heavy (non-hydrogen) atoms. The second-order valence-corrected chi connectivity index (χ2v) is 8.13. The third-order valence-corrected chi connectivity index (χ3v) is 6.13.